The summed E-state index contributed by atoms with van der Waals surface area (Å²) in [4.78, 5) is 14.1. The fourth-order valence-electron chi connectivity index (χ4n) is 11.5. The number of fused-ring (bicyclic) bond motifs is 7. The van der Waals surface area contributed by atoms with Gasteiger partial charge in [0.25, 0.3) is 0 Å². The van der Waals surface area contributed by atoms with Crippen LogP contribution in [0.2, 0.25) is 0 Å². The third kappa shape index (κ3) is 11.2. The van der Waals surface area contributed by atoms with Gasteiger partial charge in [0.1, 0.15) is 5.58 Å². The summed E-state index contributed by atoms with van der Waals surface area (Å²) in [7, 11) is 0. The Bertz CT molecular complexity index is 4460. The number of imidazole rings is 2. The summed E-state index contributed by atoms with van der Waals surface area (Å²) in [6.45, 7) is 18.1. The Morgan fingerprint density at radius 1 is 0.429 bits per heavy atom. The maximum Gasteiger partial charge on any atom is 3.00 e. The van der Waals surface area contributed by atoms with Gasteiger partial charge in [-0.05, 0) is 127 Å². The minimum Gasteiger partial charge on any atom is -0.501 e. The quantitative estimate of drug-likeness (QED) is 0.101. The van der Waals surface area contributed by atoms with Gasteiger partial charge in [-0.25, -0.2) is 0 Å². The number of hydrogen-bond donors (Lipinski definition) is 0. The van der Waals surface area contributed by atoms with Crippen molar-refractivity contribution >= 4 is 54.5 Å². The van der Waals surface area contributed by atoms with E-state index in [1.807, 2.05) is 72.9 Å². The molecule has 10 aromatic carbocycles. The van der Waals surface area contributed by atoms with Crippen molar-refractivity contribution in [2.24, 2.45) is 0 Å². The first-order chi connectivity index (χ1) is 40.5. The molecule has 0 radical (unpaired) electrons. The number of nitrogens with zero attached hydrogens (tertiary/aromatic N) is 5. The average molecular weight is 1270 g/mol. The molecule has 0 unspecified atom stereocenters. The van der Waals surface area contributed by atoms with Gasteiger partial charge in [0.2, 0.25) is 0 Å². The van der Waals surface area contributed by atoms with E-state index < -0.39 is 0 Å². The second-order valence-corrected chi connectivity index (χ2v) is 22.5. The van der Waals surface area contributed by atoms with Gasteiger partial charge in [0, 0.05) is 35.4 Å². The van der Waals surface area contributed by atoms with Crippen molar-refractivity contribution in [2.45, 2.75) is 79.1 Å². The van der Waals surface area contributed by atoms with Gasteiger partial charge < -0.3 is 18.5 Å². The molecule has 6 nitrogen and oxygen atoms in total. The molecule has 4 heterocycles. The fourth-order valence-corrected chi connectivity index (χ4v) is 11.5. The predicted molar refractivity (Wildman–Crippen MR) is 346 cm³/mol. The first-order valence-electron chi connectivity index (χ1n) is 28.9. The zero-order valence-corrected chi connectivity index (χ0v) is 51.1. The molecule has 0 aliphatic heterocycles. The Hall–Kier alpha value is -9.00. The third-order valence-corrected chi connectivity index (χ3v) is 15.6. The van der Waals surface area contributed by atoms with E-state index in [4.69, 9.17) is 9.40 Å². The van der Waals surface area contributed by atoms with Crippen LogP contribution in [-0.2, 0) is 20.1 Å². The molecule has 414 valence electrons. The van der Waals surface area contributed by atoms with Crippen LogP contribution in [0.5, 0.6) is 0 Å². The van der Waals surface area contributed by atoms with Crippen LogP contribution in [-0.4, -0.2) is 24.1 Å². The van der Waals surface area contributed by atoms with Gasteiger partial charge in [-0.2, -0.15) is 0 Å². The molecule has 7 heteroatoms. The number of pyridine rings is 1. The summed E-state index contributed by atoms with van der Waals surface area (Å²) >= 11 is 0. The maximum atomic E-state index is 6.83. The maximum absolute atomic E-state index is 6.83. The number of furan rings is 1. The van der Waals surface area contributed by atoms with Gasteiger partial charge in [-0.3, -0.25) is 9.97 Å². The van der Waals surface area contributed by atoms with Gasteiger partial charge in [-0.1, -0.05) is 176 Å². The molecule has 84 heavy (non-hydrogen) atoms. The summed E-state index contributed by atoms with van der Waals surface area (Å²) in [5, 5.41) is 7.02. The van der Waals surface area contributed by atoms with E-state index >= 15 is 0 Å². The van der Waals surface area contributed by atoms with E-state index in [1.54, 1.807) is 6.20 Å². The van der Waals surface area contributed by atoms with Crippen molar-refractivity contribution in [3.63, 3.8) is 0 Å². The van der Waals surface area contributed by atoms with Gasteiger partial charge in [0.05, 0.1) is 28.3 Å². The number of para-hydroxylation sites is 3. The number of aromatic nitrogens is 5. The standard InChI is InChI=1S/C45H35N2O.C21H23N2.C11H8N.Ir/c1-27(2)36-24-32(29-13-6-5-7-14-29)25-37(28(3)4)43(36)47-41-20-11-10-19-40(41)46-45(47)35-18-12-17-34-39-23-31-22-21-30-15-8-9-16-33(30)38(31)26-42(39)48-44(34)35;1-15(2)18-11-8-12-19(16(3)4)20(18)23-14-13-22-21(23)17-9-6-5-7-10-17;1-2-6-10(7-3-1)11-8-4-5-9-12-11;/h5-17,19-28H,1-4H3;5-9,11-16H,1-4H3;1-6,8-9H;/q3*-1;+3. The van der Waals surface area contributed by atoms with Crippen LogP contribution < -0.4 is 0 Å². The number of benzene rings is 10. The van der Waals surface area contributed by atoms with Crippen molar-refractivity contribution in [1.29, 1.82) is 0 Å². The summed E-state index contributed by atoms with van der Waals surface area (Å²) in [5.41, 5.74) is 17.8. The van der Waals surface area contributed by atoms with Crippen molar-refractivity contribution in [3.05, 3.63) is 271 Å². The van der Waals surface area contributed by atoms with Gasteiger partial charge in [-0.15, -0.1) is 90.0 Å². The zero-order valence-electron chi connectivity index (χ0n) is 48.7. The van der Waals surface area contributed by atoms with Crippen LogP contribution in [0.3, 0.4) is 0 Å². The molecule has 14 aromatic rings. The first-order valence-corrected chi connectivity index (χ1v) is 28.9. The molecular weight excluding hydrogens is 1200 g/mol. The average Bonchev–Trinajstić information content (AvgIpc) is 4.34. The molecule has 0 aliphatic carbocycles. The van der Waals surface area contributed by atoms with E-state index in [0.717, 1.165) is 67.0 Å². The van der Waals surface area contributed by atoms with E-state index in [1.165, 1.54) is 66.3 Å². The molecule has 0 aliphatic rings. The molecule has 0 saturated heterocycles. The van der Waals surface area contributed by atoms with E-state index in [2.05, 4.69) is 244 Å². The molecule has 0 bridgehead atoms. The number of rotatable bonds is 10. The molecule has 0 N–H and O–H groups in total. The van der Waals surface area contributed by atoms with Crippen molar-refractivity contribution in [3.8, 4) is 56.5 Å². The van der Waals surface area contributed by atoms with Gasteiger partial charge in [0.15, 0.2) is 0 Å². The van der Waals surface area contributed by atoms with Crippen LogP contribution in [0.25, 0.3) is 111 Å². The Labute approximate surface area is 506 Å². The monoisotopic (exact) mass is 1270 g/mol. The van der Waals surface area contributed by atoms with Crippen molar-refractivity contribution in [2.75, 3.05) is 0 Å². The SMILES string of the molecule is CC(C)c1cc(-c2ccccc2)cc(C(C)C)c1-n1c(-c2[c-]ccc3c2oc2cc4c(ccc5ccccc54)cc23)nc2ccccc21.CC(C)c1cccc(C(C)C)c1-n1ccnc1-c1[c-]cccc1.[Ir+3].[c-]1ccccc1-c1ccccn1. The van der Waals surface area contributed by atoms with Crippen molar-refractivity contribution < 1.29 is 24.5 Å². The second kappa shape index (κ2) is 24.8. The van der Waals surface area contributed by atoms with Crippen LogP contribution in [0.4, 0.5) is 0 Å². The van der Waals surface area contributed by atoms with E-state index in [0.29, 0.717) is 11.8 Å². The summed E-state index contributed by atoms with van der Waals surface area (Å²) in [5.74, 6) is 3.26. The minimum atomic E-state index is 0. The summed E-state index contributed by atoms with van der Waals surface area (Å²) < 4.78 is 11.4. The largest absolute Gasteiger partial charge is 3.00 e. The normalized spacial score (nSPS) is 11.4. The minimum absolute atomic E-state index is 0. The Kier molecular flexibility index (Phi) is 16.8. The molecule has 0 spiro atoms. The molecule has 0 fully saturated rings. The first kappa shape index (κ1) is 56.8. The molecule has 14 rings (SSSR count). The fraction of sp³-hybridized carbons (Fsp3) is 0.156. The smallest absolute Gasteiger partial charge is 0.501 e. The topological polar surface area (TPSA) is 61.7 Å². The molecular formula is C77H66IrN5O. The zero-order chi connectivity index (χ0) is 57.1. The van der Waals surface area contributed by atoms with E-state index in [9.17, 15) is 0 Å². The Morgan fingerprint density at radius 2 is 1.07 bits per heavy atom. The van der Waals surface area contributed by atoms with Crippen LogP contribution in [0.15, 0.2) is 235 Å². The van der Waals surface area contributed by atoms with E-state index in [-0.39, 0.29) is 31.9 Å². The predicted octanol–water partition coefficient (Wildman–Crippen LogP) is 20.7. The molecule has 0 amide bonds. The summed E-state index contributed by atoms with van der Waals surface area (Å²) in [6.07, 6.45) is 5.72. The van der Waals surface area contributed by atoms with Crippen LogP contribution in [0.1, 0.15) is 101 Å². The molecule has 0 saturated carbocycles. The second-order valence-electron chi connectivity index (χ2n) is 22.5. The van der Waals surface area contributed by atoms with Crippen LogP contribution in [0, 0.1) is 18.2 Å². The number of hydrogen-bond acceptors (Lipinski definition) is 4. The Morgan fingerprint density at radius 3 is 1.75 bits per heavy atom. The summed E-state index contributed by atoms with van der Waals surface area (Å²) in [6, 6.07) is 83.8. The molecule has 0 atom stereocenters. The third-order valence-electron chi connectivity index (χ3n) is 15.6. The molecule has 4 aromatic heterocycles. The van der Waals surface area contributed by atoms with Crippen molar-refractivity contribution in [1.82, 2.24) is 24.1 Å². The van der Waals surface area contributed by atoms with Gasteiger partial charge >= 0.3 is 20.1 Å². The van der Waals surface area contributed by atoms with Crippen LogP contribution >= 0.6 is 0 Å². The Balaban J connectivity index is 0.000000168.